The van der Waals surface area contributed by atoms with Crippen LogP contribution in [0.5, 0.6) is 5.75 Å². The molecule has 0 heterocycles. The van der Waals surface area contributed by atoms with E-state index in [4.69, 9.17) is 0 Å². The Bertz CT molecular complexity index is 726. The number of carbonyl (C=O) groups excluding carboxylic acids is 1. The fourth-order valence-corrected chi connectivity index (χ4v) is 2.96. The van der Waals surface area contributed by atoms with E-state index in [2.05, 4.69) is 5.32 Å². The van der Waals surface area contributed by atoms with Crippen LogP contribution in [0.4, 0.5) is 4.39 Å². The monoisotopic (exact) mass is 329 g/mol. The standard InChI is InChI=1S/C19H20FNO3/c20-15-3-1-2-14(11-15)19(8-9-19)18(24)21-16(12-22)10-13-4-6-17(23)7-5-13/h1-7,11,16,22-23H,8-10,12H2,(H,21,24)/t16-/m0/s1. The van der Waals surface area contributed by atoms with E-state index in [1.807, 2.05) is 0 Å². The minimum atomic E-state index is -0.676. The molecule has 24 heavy (non-hydrogen) atoms. The number of nitrogens with one attached hydrogen (secondary N) is 1. The molecule has 2 aromatic rings. The second-order valence-electron chi connectivity index (χ2n) is 6.32. The van der Waals surface area contributed by atoms with Gasteiger partial charge in [0.05, 0.1) is 18.1 Å². The number of halogens is 1. The highest BCUT2D eigenvalue weighted by Gasteiger charge is 2.51. The van der Waals surface area contributed by atoms with Gasteiger partial charge in [-0.1, -0.05) is 24.3 Å². The summed E-state index contributed by atoms with van der Waals surface area (Å²) >= 11 is 0. The Kier molecular flexibility index (Phi) is 4.53. The number of aliphatic hydroxyl groups excluding tert-OH is 1. The van der Waals surface area contributed by atoms with Crippen LogP contribution in [0, 0.1) is 5.82 Å². The summed E-state index contributed by atoms with van der Waals surface area (Å²) < 4.78 is 13.4. The van der Waals surface area contributed by atoms with E-state index < -0.39 is 11.5 Å². The zero-order valence-corrected chi connectivity index (χ0v) is 13.2. The average molecular weight is 329 g/mol. The molecule has 1 atom stereocenters. The average Bonchev–Trinajstić information content (AvgIpc) is 3.38. The van der Waals surface area contributed by atoms with Gasteiger partial charge in [0.15, 0.2) is 0 Å². The number of carbonyl (C=O) groups is 1. The SMILES string of the molecule is O=C(N[C@H](CO)Cc1ccc(O)cc1)C1(c2cccc(F)c2)CC1. The molecule has 1 amide bonds. The first kappa shape index (κ1) is 16.5. The van der Waals surface area contributed by atoms with Gasteiger partial charge in [0.2, 0.25) is 5.91 Å². The van der Waals surface area contributed by atoms with E-state index >= 15 is 0 Å². The third-order valence-corrected chi connectivity index (χ3v) is 4.54. The maximum atomic E-state index is 13.4. The third kappa shape index (κ3) is 3.41. The molecule has 4 nitrogen and oxygen atoms in total. The summed E-state index contributed by atoms with van der Waals surface area (Å²) in [7, 11) is 0. The Morgan fingerprint density at radius 2 is 1.92 bits per heavy atom. The van der Waals surface area contributed by atoms with Gasteiger partial charge in [-0.15, -0.1) is 0 Å². The fourth-order valence-electron chi connectivity index (χ4n) is 2.96. The lowest BCUT2D eigenvalue weighted by Gasteiger charge is -2.21. The van der Waals surface area contributed by atoms with Gasteiger partial charge in [-0.3, -0.25) is 4.79 Å². The Morgan fingerprint density at radius 3 is 2.50 bits per heavy atom. The van der Waals surface area contributed by atoms with Gasteiger partial charge in [0, 0.05) is 0 Å². The smallest absolute Gasteiger partial charge is 0.230 e. The van der Waals surface area contributed by atoms with Crippen LogP contribution < -0.4 is 5.32 Å². The number of benzene rings is 2. The van der Waals surface area contributed by atoms with Gasteiger partial charge >= 0.3 is 0 Å². The summed E-state index contributed by atoms with van der Waals surface area (Å²) in [5.41, 5.74) is 0.911. The molecule has 0 aromatic heterocycles. The number of aliphatic hydroxyl groups is 1. The molecule has 0 bridgehead atoms. The maximum absolute atomic E-state index is 13.4. The van der Waals surface area contributed by atoms with Crippen molar-refractivity contribution in [1.29, 1.82) is 0 Å². The van der Waals surface area contributed by atoms with Gasteiger partial charge in [-0.05, 0) is 54.7 Å². The largest absolute Gasteiger partial charge is 0.508 e. The van der Waals surface area contributed by atoms with Gasteiger partial charge < -0.3 is 15.5 Å². The number of phenols is 1. The lowest BCUT2D eigenvalue weighted by Crippen LogP contribution is -2.44. The van der Waals surface area contributed by atoms with Crippen LogP contribution in [0.2, 0.25) is 0 Å². The maximum Gasteiger partial charge on any atom is 0.230 e. The lowest BCUT2D eigenvalue weighted by atomic mass is 9.94. The molecule has 3 N–H and O–H groups in total. The molecule has 5 heteroatoms. The molecule has 126 valence electrons. The Hall–Kier alpha value is -2.40. The molecule has 1 aliphatic rings. The van der Waals surface area contributed by atoms with E-state index in [0.717, 1.165) is 5.56 Å². The zero-order valence-electron chi connectivity index (χ0n) is 13.2. The Labute approximate surface area is 140 Å². The molecule has 1 saturated carbocycles. The van der Waals surface area contributed by atoms with E-state index in [0.29, 0.717) is 24.8 Å². The van der Waals surface area contributed by atoms with Crippen molar-refractivity contribution in [2.75, 3.05) is 6.61 Å². The van der Waals surface area contributed by atoms with Crippen molar-refractivity contribution >= 4 is 5.91 Å². The van der Waals surface area contributed by atoms with Crippen molar-refractivity contribution in [3.8, 4) is 5.75 Å². The van der Waals surface area contributed by atoms with E-state index in [-0.39, 0.29) is 24.1 Å². The summed E-state index contributed by atoms with van der Waals surface area (Å²) in [4.78, 5) is 12.7. The summed E-state index contributed by atoms with van der Waals surface area (Å²) in [5, 5.41) is 21.8. The molecule has 0 saturated heterocycles. The first-order chi connectivity index (χ1) is 11.5. The second-order valence-corrected chi connectivity index (χ2v) is 6.32. The van der Waals surface area contributed by atoms with Crippen LogP contribution in [0.3, 0.4) is 0 Å². The van der Waals surface area contributed by atoms with Gasteiger partial charge in [0.1, 0.15) is 11.6 Å². The van der Waals surface area contributed by atoms with Crippen molar-refractivity contribution in [2.45, 2.75) is 30.7 Å². The van der Waals surface area contributed by atoms with Crippen molar-refractivity contribution in [3.05, 3.63) is 65.5 Å². The molecule has 0 unspecified atom stereocenters. The van der Waals surface area contributed by atoms with Crippen LogP contribution in [0.15, 0.2) is 48.5 Å². The number of phenolic OH excluding ortho intramolecular Hbond substituents is 1. The van der Waals surface area contributed by atoms with Crippen LogP contribution in [0.25, 0.3) is 0 Å². The van der Waals surface area contributed by atoms with E-state index in [1.54, 1.807) is 36.4 Å². The second kappa shape index (κ2) is 6.61. The predicted molar refractivity (Wildman–Crippen MR) is 88.1 cm³/mol. The molecule has 0 aliphatic heterocycles. The van der Waals surface area contributed by atoms with Crippen molar-refractivity contribution in [2.24, 2.45) is 0 Å². The van der Waals surface area contributed by atoms with Gasteiger partial charge in [-0.25, -0.2) is 4.39 Å². The van der Waals surface area contributed by atoms with Crippen LogP contribution in [-0.2, 0) is 16.6 Å². The van der Waals surface area contributed by atoms with E-state index in [9.17, 15) is 19.4 Å². The highest BCUT2D eigenvalue weighted by Crippen LogP contribution is 2.48. The quantitative estimate of drug-likeness (QED) is 0.761. The van der Waals surface area contributed by atoms with Crippen LogP contribution in [0.1, 0.15) is 24.0 Å². The first-order valence-corrected chi connectivity index (χ1v) is 7.99. The number of hydrogen-bond acceptors (Lipinski definition) is 3. The minimum Gasteiger partial charge on any atom is -0.508 e. The van der Waals surface area contributed by atoms with Gasteiger partial charge in [0.25, 0.3) is 0 Å². The molecule has 1 fully saturated rings. The zero-order chi connectivity index (χ0) is 17.2. The molecule has 0 radical (unpaired) electrons. The number of aromatic hydroxyl groups is 1. The molecular formula is C19H20FNO3. The number of amides is 1. The fraction of sp³-hybridized carbons (Fsp3) is 0.316. The molecule has 1 aliphatic carbocycles. The number of rotatable bonds is 6. The van der Waals surface area contributed by atoms with Crippen LogP contribution in [-0.4, -0.2) is 28.8 Å². The minimum absolute atomic E-state index is 0.173. The normalized spacial score (nSPS) is 16.4. The van der Waals surface area contributed by atoms with Crippen molar-refractivity contribution in [1.82, 2.24) is 5.32 Å². The van der Waals surface area contributed by atoms with Crippen molar-refractivity contribution < 1.29 is 19.4 Å². The molecule has 2 aromatic carbocycles. The highest BCUT2D eigenvalue weighted by atomic mass is 19.1. The first-order valence-electron chi connectivity index (χ1n) is 7.99. The third-order valence-electron chi connectivity index (χ3n) is 4.54. The summed E-state index contributed by atoms with van der Waals surface area (Å²) in [5.74, 6) is -0.355. The highest BCUT2D eigenvalue weighted by molar-refractivity contribution is 5.91. The van der Waals surface area contributed by atoms with Gasteiger partial charge in [-0.2, -0.15) is 0 Å². The summed E-state index contributed by atoms with van der Waals surface area (Å²) in [6.07, 6.45) is 1.82. The molecule has 3 rings (SSSR count). The summed E-state index contributed by atoms with van der Waals surface area (Å²) in [6, 6.07) is 12.4. The topological polar surface area (TPSA) is 69.6 Å². The summed E-state index contributed by atoms with van der Waals surface area (Å²) in [6.45, 7) is -0.189. The van der Waals surface area contributed by atoms with E-state index in [1.165, 1.54) is 12.1 Å². The lowest BCUT2D eigenvalue weighted by molar-refractivity contribution is -0.124. The van der Waals surface area contributed by atoms with Crippen LogP contribution >= 0.6 is 0 Å². The number of hydrogen-bond donors (Lipinski definition) is 3. The predicted octanol–water partition coefficient (Wildman–Crippen LogP) is 2.28. The molecular weight excluding hydrogens is 309 g/mol. The van der Waals surface area contributed by atoms with Crippen molar-refractivity contribution in [3.63, 3.8) is 0 Å². The molecule has 0 spiro atoms. The Balaban J connectivity index is 1.69. The Morgan fingerprint density at radius 1 is 1.21 bits per heavy atom.